The SMILES string of the molecule is C[C@H](NC(=O)[C@H]1CCCCC1c1ccc(COc2ccccc2)cc1)c1ccccc1. The van der Waals surface area contributed by atoms with Crippen molar-refractivity contribution in [3.63, 3.8) is 0 Å². The van der Waals surface area contributed by atoms with Gasteiger partial charge in [0.15, 0.2) is 0 Å². The predicted molar refractivity (Wildman–Crippen MR) is 125 cm³/mol. The van der Waals surface area contributed by atoms with E-state index in [4.69, 9.17) is 4.74 Å². The molecule has 0 bridgehead atoms. The maximum atomic E-state index is 13.2. The molecule has 1 saturated carbocycles. The van der Waals surface area contributed by atoms with E-state index in [9.17, 15) is 4.79 Å². The van der Waals surface area contributed by atoms with Crippen molar-refractivity contribution in [2.45, 2.75) is 51.2 Å². The van der Waals surface area contributed by atoms with Crippen LogP contribution >= 0.6 is 0 Å². The molecular formula is C28H31NO2. The summed E-state index contributed by atoms with van der Waals surface area (Å²) in [6, 6.07) is 28.7. The minimum Gasteiger partial charge on any atom is -0.489 e. The van der Waals surface area contributed by atoms with E-state index in [-0.39, 0.29) is 23.8 Å². The van der Waals surface area contributed by atoms with Gasteiger partial charge in [-0.2, -0.15) is 0 Å². The van der Waals surface area contributed by atoms with Crippen molar-refractivity contribution in [2.24, 2.45) is 5.92 Å². The first-order chi connectivity index (χ1) is 15.2. The zero-order valence-electron chi connectivity index (χ0n) is 18.2. The van der Waals surface area contributed by atoms with Gasteiger partial charge in [0.1, 0.15) is 12.4 Å². The maximum Gasteiger partial charge on any atom is 0.224 e. The average Bonchev–Trinajstić information content (AvgIpc) is 2.84. The Morgan fingerprint density at radius 1 is 0.903 bits per heavy atom. The molecule has 1 unspecified atom stereocenters. The highest BCUT2D eigenvalue weighted by molar-refractivity contribution is 5.80. The molecule has 1 fully saturated rings. The fraction of sp³-hybridized carbons (Fsp3) is 0.321. The van der Waals surface area contributed by atoms with Gasteiger partial charge >= 0.3 is 0 Å². The molecule has 1 aliphatic rings. The first-order valence-electron chi connectivity index (χ1n) is 11.3. The molecule has 31 heavy (non-hydrogen) atoms. The van der Waals surface area contributed by atoms with Crippen LogP contribution in [0.4, 0.5) is 0 Å². The molecule has 1 aliphatic carbocycles. The largest absolute Gasteiger partial charge is 0.489 e. The molecule has 3 aromatic rings. The van der Waals surface area contributed by atoms with Crippen LogP contribution in [0.1, 0.15) is 61.3 Å². The van der Waals surface area contributed by atoms with E-state index in [0.29, 0.717) is 6.61 Å². The fourth-order valence-corrected chi connectivity index (χ4v) is 4.53. The molecule has 0 heterocycles. The van der Waals surface area contributed by atoms with Crippen molar-refractivity contribution in [2.75, 3.05) is 0 Å². The highest BCUT2D eigenvalue weighted by atomic mass is 16.5. The Bertz CT molecular complexity index is 953. The second kappa shape index (κ2) is 10.3. The standard InChI is InChI=1S/C28H31NO2/c1-21(23-10-4-2-5-11-23)29-28(30)27-15-9-8-14-26(27)24-18-16-22(17-19-24)20-31-25-12-6-3-7-13-25/h2-7,10-13,16-19,21,26-27H,8-9,14-15,20H2,1H3,(H,29,30)/t21-,26?,27-/m0/s1. The lowest BCUT2D eigenvalue weighted by Crippen LogP contribution is -2.37. The van der Waals surface area contributed by atoms with Gasteiger partial charge in [-0.05, 0) is 54.5 Å². The monoisotopic (exact) mass is 413 g/mol. The predicted octanol–water partition coefficient (Wildman–Crippen LogP) is 6.42. The molecule has 0 saturated heterocycles. The van der Waals surface area contributed by atoms with Gasteiger partial charge in [0.2, 0.25) is 5.91 Å². The van der Waals surface area contributed by atoms with Gasteiger partial charge in [0.05, 0.1) is 6.04 Å². The lowest BCUT2D eigenvalue weighted by Gasteiger charge is -2.32. The Hall–Kier alpha value is -3.07. The second-order valence-electron chi connectivity index (χ2n) is 8.48. The van der Waals surface area contributed by atoms with Crippen LogP contribution in [0.3, 0.4) is 0 Å². The molecule has 3 nitrogen and oxygen atoms in total. The Morgan fingerprint density at radius 3 is 2.26 bits per heavy atom. The van der Waals surface area contributed by atoms with Crippen LogP contribution < -0.4 is 10.1 Å². The quantitative estimate of drug-likeness (QED) is 0.485. The van der Waals surface area contributed by atoms with E-state index in [1.165, 1.54) is 12.0 Å². The van der Waals surface area contributed by atoms with Crippen molar-refractivity contribution in [3.8, 4) is 5.75 Å². The number of carbonyl (C=O) groups excluding carboxylic acids is 1. The molecule has 0 radical (unpaired) electrons. The minimum atomic E-state index is 0.0220. The molecule has 3 heteroatoms. The molecular weight excluding hydrogens is 382 g/mol. The number of amides is 1. The summed E-state index contributed by atoms with van der Waals surface area (Å²) in [4.78, 5) is 13.2. The number of rotatable bonds is 7. The number of para-hydroxylation sites is 1. The molecule has 1 N–H and O–H groups in total. The van der Waals surface area contributed by atoms with Gasteiger partial charge in [-0.3, -0.25) is 4.79 Å². The lowest BCUT2D eigenvalue weighted by atomic mass is 9.75. The van der Waals surface area contributed by atoms with E-state index in [1.807, 2.05) is 48.5 Å². The summed E-state index contributed by atoms with van der Waals surface area (Å²) < 4.78 is 5.86. The second-order valence-corrected chi connectivity index (χ2v) is 8.48. The fourth-order valence-electron chi connectivity index (χ4n) is 4.53. The van der Waals surface area contributed by atoms with Crippen LogP contribution in [-0.4, -0.2) is 5.91 Å². The number of hydrogen-bond acceptors (Lipinski definition) is 2. The highest BCUT2D eigenvalue weighted by Gasteiger charge is 2.32. The zero-order chi connectivity index (χ0) is 21.5. The van der Waals surface area contributed by atoms with E-state index < -0.39 is 0 Å². The topological polar surface area (TPSA) is 38.3 Å². The molecule has 3 atom stereocenters. The Kier molecular flexibility index (Phi) is 7.03. The minimum absolute atomic E-state index is 0.0220. The smallest absolute Gasteiger partial charge is 0.224 e. The van der Waals surface area contributed by atoms with Crippen molar-refractivity contribution in [3.05, 3.63) is 102 Å². The number of ether oxygens (including phenoxy) is 1. The molecule has 3 aromatic carbocycles. The van der Waals surface area contributed by atoms with Gasteiger partial charge < -0.3 is 10.1 Å². The number of carbonyl (C=O) groups is 1. The van der Waals surface area contributed by atoms with Crippen LogP contribution in [0.15, 0.2) is 84.9 Å². The lowest BCUT2D eigenvalue weighted by molar-refractivity contribution is -0.127. The van der Waals surface area contributed by atoms with Gasteiger partial charge in [0, 0.05) is 5.92 Å². The van der Waals surface area contributed by atoms with Crippen molar-refractivity contribution >= 4 is 5.91 Å². The van der Waals surface area contributed by atoms with E-state index >= 15 is 0 Å². The Morgan fingerprint density at radius 2 is 1.55 bits per heavy atom. The molecule has 0 aliphatic heterocycles. The third-order valence-electron chi connectivity index (χ3n) is 6.32. The van der Waals surface area contributed by atoms with E-state index in [1.54, 1.807) is 0 Å². The van der Waals surface area contributed by atoms with Crippen LogP contribution in [0.2, 0.25) is 0 Å². The zero-order valence-corrected chi connectivity index (χ0v) is 18.2. The van der Waals surface area contributed by atoms with Gasteiger partial charge in [0.25, 0.3) is 0 Å². The maximum absolute atomic E-state index is 13.2. The molecule has 0 spiro atoms. The number of nitrogens with one attached hydrogen (secondary N) is 1. The average molecular weight is 414 g/mol. The highest BCUT2D eigenvalue weighted by Crippen LogP contribution is 2.38. The number of hydrogen-bond donors (Lipinski definition) is 1. The van der Waals surface area contributed by atoms with Crippen LogP contribution in [0.25, 0.3) is 0 Å². The Balaban J connectivity index is 1.40. The first kappa shape index (κ1) is 21.2. The van der Waals surface area contributed by atoms with Crippen molar-refractivity contribution in [1.29, 1.82) is 0 Å². The number of benzene rings is 3. The van der Waals surface area contributed by atoms with E-state index in [0.717, 1.165) is 36.1 Å². The third-order valence-corrected chi connectivity index (χ3v) is 6.32. The van der Waals surface area contributed by atoms with Crippen molar-refractivity contribution < 1.29 is 9.53 Å². The normalized spacial score (nSPS) is 19.4. The summed E-state index contributed by atoms with van der Waals surface area (Å²) in [6.45, 7) is 2.61. The summed E-state index contributed by atoms with van der Waals surface area (Å²) in [5, 5.41) is 3.26. The summed E-state index contributed by atoms with van der Waals surface area (Å²) in [7, 11) is 0. The molecule has 4 rings (SSSR count). The molecule has 1 amide bonds. The van der Waals surface area contributed by atoms with Gasteiger partial charge in [-0.1, -0.05) is 85.6 Å². The van der Waals surface area contributed by atoms with Crippen molar-refractivity contribution in [1.82, 2.24) is 5.32 Å². The third kappa shape index (κ3) is 5.55. The summed E-state index contributed by atoms with van der Waals surface area (Å²) in [5.74, 6) is 1.37. The summed E-state index contributed by atoms with van der Waals surface area (Å²) in [5.41, 5.74) is 3.55. The van der Waals surface area contributed by atoms with E-state index in [2.05, 4.69) is 48.6 Å². The van der Waals surface area contributed by atoms with Crippen LogP contribution in [-0.2, 0) is 11.4 Å². The van der Waals surface area contributed by atoms with Crippen LogP contribution in [0.5, 0.6) is 5.75 Å². The molecule has 160 valence electrons. The summed E-state index contributed by atoms with van der Waals surface area (Å²) in [6.07, 6.45) is 4.33. The van der Waals surface area contributed by atoms with Crippen LogP contribution in [0, 0.1) is 5.92 Å². The summed E-state index contributed by atoms with van der Waals surface area (Å²) >= 11 is 0. The molecule has 0 aromatic heterocycles. The Labute approximate surface area is 185 Å². The van der Waals surface area contributed by atoms with Gasteiger partial charge in [-0.25, -0.2) is 0 Å². The first-order valence-corrected chi connectivity index (χ1v) is 11.3. The van der Waals surface area contributed by atoms with Gasteiger partial charge in [-0.15, -0.1) is 0 Å².